The normalized spacial score (nSPS) is 11.3. The van der Waals surface area contributed by atoms with Gasteiger partial charge in [-0.3, -0.25) is 4.55 Å². The van der Waals surface area contributed by atoms with E-state index in [-0.39, 0.29) is 59.0 Å². The van der Waals surface area contributed by atoms with Gasteiger partial charge in [0.05, 0.1) is 9.79 Å². The van der Waals surface area contributed by atoms with Crippen LogP contribution >= 0.6 is 0 Å². The molecule has 0 aromatic heterocycles. The fraction of sp³-hybridized carbons (Fsp3) is 0.429. The third-order valence-electron chi connectivity index (χ3n) is 8.83. The second kappa shape index (κ2) is 25.4. The van der Waals surface area contributed by atoms with E-state index in [1.165, 1.54) is 99.9 Å². The third kappa shape index (κ3) is 18.8. The fourth-order valence-electron chi connectivity index (χ4n) is 5.90. The molecule has 0 saturated heterocycles. The van der Waals surface area contributed by atoms with E-state index in [4.69, 9.17) is 9.47 Å². The summed E-state index contributed by atoms with van der Waals surface area (Å²) in [7, 11) is -8.79. The van der Waals surface area contributed by atoms with Crippen molar-refractivity contribution in [3.8, 4) is 34.5 Å². The molecule has 0 bridgehead atoms. The monoisotopic (exact) mass is 822 g/mol. The first kappa shape index (κ1) is 48.3. The van der Waals surface area contributed by atoms with Crippen molar-refractivity contribution in [3.63, 3.8) is 0 Å². The van der Waals surface area contributed by atoms with Crippen LogP contribution in [0.5, 0.6) is 34.5 Å². The minimum atomic E-state index is -4.52. The maximum Gasteiger partial charge on any atom is 2.00 e. The quantitative estimate of drug-likeness (QED) is 0.0441. The van der Waals surface area contributed by atoms with Crippen LogP contribution in [0.25, 0.3) is 0 Å². The van der Waals surface area contributed by atoms with Crippen LogP contribution in [0.1, 0.15) is 115 Å². The minimum Gasteiger partial charge on any atom is -0.872 e. The van der Waals surface area contributed by atoms with E-state index < -0.39 is 20.2 Å². The molecule has 10 nitrogen and oxygen atoms in total. The Kier molecular flexibility index (Phi) is 22.3. The van der Waals surface area contributed by atoms with Gasteiger partial charge < -0.3 is 24.2 Å². The van der Waals surface area contributed by atoms with Crippen LogP contribution in [0, 0.1) is 0 Å². The number of hydrogen-bond donors (Lipinski definition) is 2. The van der Waals surface area contributed by atoms with Crippen molar-refractivity contribution in [2.24, 2.45) is 0 Å². The average molecular weight is 823 g/mol. The van der Waals surface area contributed by atoms with Gasteiger partial charge in [0, 0.05) is 6.07 Å². The molecule has 0 aliphatic heterocycles. The van der Waals surface area contributed by atoms with Crippen molar-refractivity contribution in [3.05, 3.63) is 96.1 Å². The maximum absolute atomic E-state index is 11.5. The van der Waals surface area contributed by atoms with E-state index in [9.17, 15) is 36.2 Å². The molecule has 296 valence electrons. The number of ether oxygens (including phenoxy) is 2. The molecule has 0 aliphatic carbocycles. The largest absolute Gasteiger partial charge is 2.00 e. The van der Waals surface area contributed by atoms with E-state index >= 15 is 0 Å². The molecule has 0 radical (unpaired) electrons. The molecule has 0 spiro atoms. The molecule has 4 rings (SSSR count). The van der Waals surface area contributed by atoms with E-state index in [2.05, 4.69) is 13.8 Å². The van der Waals surface area contributed by atoms with Gasteiger partial charge in [0.1, 0.15) is 38.9 Å². The van der Waals surface area contributed by atoms with Crippen molar-refractivity contribution in [1.82, 2.24) is 0 Å². The number of hydrogen-bond acceptors (Lipinski definition) is 9. The zero-order chi connectivity index (χ0) is 39.4. The zero-order valence-corrected chi connectivity index (χ0v) is 35.9. The molecule has 2 N–H and O–H groups in total. The van der Waals surface area contributed by atoms with Gasteiger partial charge in [-0.2, -0.15) is 8.42 Å². The number of benzene rings is 4. The van der Waals surface area contributed by atoms with Crippen LogP contribution in [-0.4, -0.2) is 68.8 Å². The van der Waals surface area contributed by atoms with Crippen LogP contribution in [0.3, 0.4) is 0 Å². The van der Waals surface area contributed by atoms with E-state index in [0.717, 1.165) is 44.1 Å². The van der Waals surface area contributed by atoms with Crippen LogP contribution in [0.2, 0.25) is 0 Å². The summed E-state index contributed by atoms with van der Waals surface area (Å²) in [5, 5.41) is 21.1. The minimum absolute atomic E-state index is 0. The van der Waals surface area contributed by atoms with E-state index in [0.29, 0.717) is 41.4 Å². The Bertz CT molecular complexity index is 1810. The molecule has 0 saturated carbocycles. The topological polar surface area (TPSA) is 173 Å². The molecule has 0 aliphatic rings. The van der Waals surface area contributed by atoms with Crippen molar-refractivity contribution >= 4 is 58.0 Å². The summed E-state index contributed by atoms with van der Waals surface area (Å²) in [6.45, 7) is 4.37. The Morgan fingerprint density at radius 3 is 1.45 bits per heavy atom. The van der Waals surface area contributed by atoms with Gasteiger partial charge >= 0.3 is 37.7 Å². The Hall–Kier alpha value is -2.84. The van der Waals surface area contributed by atoms with Crippen LogP contribution in [-0.2, 0) is 33.1 Å². The molecule has 55 heavy (non-hydrogen) atoms. The van der Waals surface area contributed by atoms with Gasteiger partial charge in [-0.05, 0) is 97.5 Å². The second-order valence-corrected chi connectivity index (χ2v) is 16.2. The van der Waals surface area contributed by atoms with Crippen molar-refractivity contribution < 1.29 is 45.6 Å². The number of phenolic OH excluding ortho intramolecular Hbond substituents is 1. The Labute approximate surface area is 357 Å². The molecule has 0 unspecified atom stereocenters. The first-order chi connectivity index (χ1) is 25.8. The molecule has 4 aromatic rings. The average Bonchev–Trinajstić information content (AvgIpc) is 3.11. The molecule has 13 heteroatoms. The van der Waals surface area contributed by atoms with Gasteiger partial charge in [-0.1, -0.05) is 109 Å². The molecular formula is C42H54CaO10S2. The van der Waals surface area contributed by atoms with Gasteiger partial charge in [0.2, 0.25) is 0 Å². The number of phenols is 1. The number of unbranched alkanes of at least 4 members (excludes halogenated alkanes) is 12. The molecule has 0 fully saturated rings. The standard InChI is InChI=1S/2C21H28O5S.Ca/c2*1-2-3-4-5-6-7-8-10-17-15-20(27(23,24)25)13-14-21(17)26-19-12-9-11-18(22)16-19;/h2*9,11-16,22H,2-8,10H2,1H3,(H,23,24,25);/q;;+2/p-2. The Balaban J connectivity index is 0.000000373. The van der Waals surface area contributed by atoms with Crippen molar-refractivity contribution in [1.29, 1.82) is 0 Å². The predicted molar refractivity (Wildman–Crippen MR) is 214 cm³/mol. The van der Waals surface area contributed by atoms with Gasteiger partial charge in [-0.15, -0.1) is 5.75 Å². The summed E-state index contributed by atoms with van der Waals surface area (Å²) in [6.07, 6.45) is 17.3. The summed E-state index contributed by atoms with van der Waals surface area (Å²) >= 11 is 0. The van der Waals surface area contributed by atoms with Gasteiger partial charge in [-0.25, -0.2) is 8.42 Å². The number of aryl methyl sites for hydroxylation is 2. The first-order valence-electron chi connectivity index (χ1n) is 18.9. The smallest absolute Gasteiger partial charge is 0.872 e. The Morgan fingerprint density at radius 2 is 1.00 bits per heavy atom. The molecule has 4 aromatic carbocycles. The first-order valence-corrected chi connectivity index (χ1v) is 21.8. The van der Waals surface area contributed by atoms with E-state index in [1.807, 2.05) is 0 Å². The maximum atomic E-state index is 11.5. The van der Waals surface area contributed by atoms with Crippen molar-refractivity contribution in [2.75, 3.05) is 0 Å². The Morgan fingerprint density at radius 1 is 0.564 bits per heavy atom. The molecule has 0 heterocycles. The number of aromatic hydroxyl groups is 1. The van der Waals surface area contributed by atoms with Crippen molar-refractivity contribution in [2.45, 2.75) is 126 Å². The summed E-state index contributed by atoms with van der Waals surface area (Å²) < 4.78 is 77.9. The summed E-state index contributed by atoms with van der Waals surface area (Å²) in [6, 6.07) is 20.9. The predicted octanol–water partition coefficient (Wildman–Crippen LogP) is 10.1. The SMILES string of the molecule is CCCCCCCCCc1cc(S(=O)(=O)O)ccc1Oc1cccc(O)c1.CCCCCCCCCc1cc(S(=O)(=O)[O-])ccc1Oc1cccc([O-])c1.[Ca+2]. The van der Waals surface area contributed by atoms with Gasteiger partial charge in [0.15, 0.2) is 0 Å². The summed E-state index contributed by atoms with van der Waals surface area (Å²) in [4.78, 5) is -0.394. The fourth-order valence-corrected chi connectivity index (χ4v) is 6.95. The second-order valence-electron chi connectivity index (χ2n) is 13.4. The molecule has 0 amide bonds. The van der Waals surface area contributed by atoms with Crippen LogP contribution in [0.4, 0.5) is 0 Å². The zero-order valence-electron chi connectivity index (χ0n) is 32.1. The number of rotatable bonds is 22. The summed E-state index contributed by atoms with van der Waals surface area (Å²) in [5.41, 5.74) is 1.39. The van der Waals surface area contributed by atoms with Crippen LogP contribution < -0.4 is 14.6 Å². The van der Waals surface area contributed by atoms with E-state index in [1.54, 1.807) is 36.4 Å². The third-order valence-corrected chi connectivity index (χ3v) is 10.5. The molecule has 0 atom stereocenters. The summed E-state index contributed by atoms with van der Waals surface area (Å²) in [5.74, 6) is 1.78. The molecular weight excluding hydrogens is 769 g/mol. The van der Waals surface area contributed by atoms with Crippen LogP contribution in [0.15, 0.2) is 94.7 Å². The van der Waals surface area contributed by atoms with Gasteiger partial charge in [0.25, 0.3) is 10.1 Å².